The zero-order valence-electron chi connectivity index (χ0n) is 20.8. The van der Waals surface area contributed by atoms with Crippen molar-refractivity contribution in [1.29, 1.82) is 0 Å². The van der Waals surface area contributed by atoms with Gasteiger partial charge in [-0.15, -0.1) is 0 Å². The molecule has 7 nitrogen and oxygen atoms in total. The van der Waals surface area contributed by atoms with Crippen LogP contribution in [0.25, 0.3) is 0 Å². The third-order valence-electron chi connectivity index (χ3n) is 6.70. The van der Waals surface area contributed by atoms with Crippen LogP contribution in [-0.4, -0.2) is 54.3 Å². The topological polar surface area (TPSA) is 74.2 Å². The van der Waals surface area contributed by atoms with Crippen LogP contribution in [0.5, 0.6) is 5.75 Å². The maximum Gasteiger partial charge on any atom is 0.416 e. The number of halogens is 4. The van der Waals surface area contributed by atoms with Gasteiger partial charge in [-0.3, -0.25) is 14.7 Å². The predicted octanol–water partition coefficient (Wildman–Crippen LogP) is 5.46. The number of hydrogen-bond donors (Lipinski definition) is 1. The first-order valence-electron chi connectivity index (χ1n) is 12.2. The maximum atomic E-state index is 14.1. The van der Waals surface area contributed by atoms with Crippen LogP contribution >= 0.6 is 11.6 Å². The highest BCUT2D eigenvalue weighted by Crippen LogP contribution is 2.45. The van der Waals surface area contributed by atoms with Crippen LogP contribution in [0, 0.1) is 0 Å². The molecule has 0 aromatic heterocycles. The molecule has 1 N–H and O–H groups in total. The molecule has 3 aromatic carbocycles. The van der Waals surface area contributed by atoms with Gasteiger partial charge in [0.15, 0.2) is 0 Å². The first kappa shape index (κ1) is 26.6. The second kappa shape index (κ2) is 10.6. The maximum absolute atomic E-state index is 14.1. The van der Waals surface area contributed by atoms with Crippen LogP contribution in [0.15, 0.2) is 77.8 Å². The van der Waals surface area contributed by atoms with E-state index in [-0.39, 0.29) is 12.5 Å². The Morgan fingerprint density at radius 2 is 1.77 bits per heavy atom. The van der Waals surface area contributed by atoms with E-state index in [0.29, 0.717) is 46.4 Å². The van der Waals surface area contributed by atoms with E-state index in [2.05, 4.69) is 5.32 Å². The first-order chi connectivity index (χ1) is 18.7. The molecule has 2 aliphatic rings. The monoisotopic (exact) mass is 556 g/mol. The van der Waals surface area contributed by atoms with E-state index in [1.54, 1.807) is 48.5 Å². The Morgan fingerprint density at radius 3 is 2.38 bits per heavy atom. The average molecular weight is 557 g/mol. The quantitative estimate of drug-likeness (QED) is 0.463. The van der Waals surface area contributed by atoms with E-state index < -0.39 is 29.9 Å². The van der Waals surface area contributed by atoms with Gasteiger partial charge in [0, 0.05) is 23.7 Å². The highest BCUT2D eigenvalue weighted by molar-refractivity contribution is 6.30. The fourth-order valence-electron chi connectivity index (χ4n) is 4.80. The van der Waals surface area contributed by atoms with Gasteiger partial charge < -0.3 is 15.0 Å². The molecule has 3 amide bonds. The second-order valence-corrected chi connectivity index (χ2v) is 9.61. The molecule has 1 saturated heterocycles. The molecule has 39 heavy (non-hydrogen) atoms. The molecule has 11 heteroatoms. The van der Waals surface area contributed by atoms with E-state index >= 15 is 0 Å². The van der Waals surface area contributed by atoms with Gasteiger partial charge in [-0.1, -0.05) is 35.9 Å². The normalized spacial score (nSPS) is 19.5. The molecule has 0 spiro atoms. The number of rotatable bonds is 4. The summed E-state index contributed by atoms with van der Waals surface area (Å²) in [6.45, 7) is 0.472. The fourth-order valence-corrected chi connectivity index (χ4v) is 5.00. The van der Waals surface area contributed by atoms with Crippen molar-refractivity contribution in [2.24, 2.45) is 4.99 Å². The lowest BCUT2D eigenvalue weighted by molar-refractivity contribution is -0.137. The number of carbonyl (C=O) groups is 2. The van der Waals surface area contributed by atoms with Gasteiger partial charge in [0.05, 0.1) is 18.7 Å². The van der Waals surface area contributed by atoms with Crippen molar-refractivity contribution >= 4 is 29.4 Å². The molecule has 3 aromatic rings. The summed E-state index contributed by atoms with van der Waals surface area (Å²) >= 11 is 6.33. The van der Waals surface area contributed by atoms with E-state index in [1.165, 1.54) is 29.0 Å². The number of amides is 3. The molecule has 5 rings (SSSR count). The summed E-state index contributed by atoms with van der Waals surface area (Å²) in [5, 5.41) is 3.14. The van der Waals surface area contributed by atoms with Crippen LogP contribution in [0.2, 0.25) is 5.02 Å². The standard InChI is InChI=1S/C28H24ClF3N4O3/c1-39-22-11-7-18(8-12-22)26-34-24(17-5-9-20(10-6-17)28(30,31)32)25(19-3-2-4-21(29)15-19)36(26)27(38)35-14-13-33-23(37)16-35/h2-12,15,24-25H,13-14,16H2,1H3,(H,33,37). The van der Waals surface area contributed by atoms with Gasteiger partial charge >= 0.3 is 12.2 Å². The van der Waals surface area contributed by atoms with Gasteiger partial charge in [-0.05, 0) is 59.7 Å². The lowest BCUT2D eigenvalue weighted by Gasteiger charge is -2.35. The summed E-state index contributed by atoms with van der Waals surface area (Å²) < 4.78 is 45.1. The molecule has 2 aliphatic heterocycles. The van der Waals surface area contributed by atoms with Crippen molar-refractivity contribution in [2.75, 3.05) is 26.7 Å². The van der Waals surface area contributed by atoms with Gasteiger partial charge in [-0.2, -0.15) is 13.2 Å². The van der Waals surface area contributed by atoms with E-state index in [0.717, 1.165) is 12.1 Å². The number of nitrogens with one attached hydrogen (secondary N) is 1. The van der Waals surface area contributed by atoms with E-state index in [9.17, 15) is 22.8 Å². The lowest BCUT2D eigenvalue weighted by Crippen LogP contribution is -2.55. The Kier molecular flexibility index (Phi) is 7.22. The summed E-state index contributed by atoms with van der Waals surface area (Å²) in [5.74, 6) is 0.646. The Hall–Kier alpha value is -4.05. The number of aliphatic imine (C=N–C) groups is 1. The van der Waals surface area contributed by atoms with Crippen molar-refractivity contribution < 1.29 is 27.5 Å². The largest absolute Gasteiger partial charge is 0.497 e. The molecule has 0 aliphatic carbocycles. The Bertz CT molecular complexity index is 1410. The number of carbonyl (C=O) groups excluding carboxylic acids is 2. The molecule has 2 atom stereocenters. The number of nitrogens with zero attached hydrogens (tertiary/aromatic N) is 3. The van der Waals surface area contributed by atoms with Crippen LogP contribution in [0.1, 0.15) is 34.3 Å². The number of urea groups is 1. The third kappa shape index (κ3) is 5.42. The van der Waals surface area contributed by atoms with E-state index in [1.807, 2.05) is 0 Å². The molecule has 1 fully saturated rings. The number of benzene rings is 3. The smallest absolute Gasteiger partial charge is 0.416 e. The zero-order valence-corrected chi connectivity index (χ0v) is 21.5. The first-order valence-corrected chi connectivity index (χ1v) is 12.5. The number of amidine groups is 1. The molecule has 2 unspecified atom stereocenters. The van der Waals surface area contributed by atoms with Crippen molar-refractivity contribution in [3.05, 3.63) is 100 Å². The fraction of sp³-hybridized carbons (Fsp3) is 0.250. The molecular formula is C28H24ClF3N4O3. The number of methoxy groups -OCH3 is 1. The third-order valence-corrected chi connectivity index (χ3v) is 6.93. The summed E-state index contributed by atoms with van der Waals surface area (Å²) in [6, 6.07) is 16.7. The SMILES string of the molecule is COc1ccc(C2=NC(c3ccc(C(F)(F)F)cc3)C(c3cccc(Cl)c3)N2C(=O)N2CCNC(=O)C2)cc1. The van der Waals surface area contributed by atoms with Crippen molar-refractivity contribution in [1.82, 2.24) is 15.1 Å². The minimum absolute atomic E-state index is 0.127. The summed E-state index contributed by atoms with van der Waals surface area (Å²) in [6.07, 6.45) is -4.49. The summed E-state index contributed by atoms with van der Waals surface area (Å²) in [4.78, 5) is 34.1. The zero-order chi connectivity index (χ0) is 27.7. The van der Waals surface area contributed by atoms with Crippen molar-refractivity contribution in [2.45, 2.75) is 18.3 Å². The minimum Gasteiger partial charge on any atom is -0.497 e. The molecule has 0 saturated carbocycles. The highest BCUT2D eigenvalue weighted by Gasteiger charge is 2.44. The number of piperazine rings is 1. The molecule has 202 valence electrons. The predicted molar refractivity (Wildman–Crippen MR) is 140 cm³/mol. The van der Waals surface area contributed by atoms with Crippen molar-refractivity contribution in [3.63, 3.8) is 0 Å². The minimum atomic E-state index is -4.49. The van der Waals surface area contributed by atoms with E-state index in [4.69, 9.17) is 21.3 Å². The highest BCUT2D eigenvalue weighted by atomic mass is 35.5. The second-order valence-electron chi connectivity index (χ2n) is 9.17. The van der Waals surface area contributed by atoms with Gasteiger partial charge in [0.25, 0.3) is 0 Å². The lowest BCUT2D eigenvalue weighted by atomic mass is 9.93. The van der Waals surface area contributed by atoms with Gasteiger partial charge in [0.2, 0.25) is 5.91 Å². The Morgan fingerprint density at radius 1 is 1.05 bits per heavy atom. The van der Waals surface area contributed by atoms with Gasteiger partial charge in [0.1, 0.15) is 24.2 Å². The number of alkyl halides is 3. The van der Waals surface area contributed by atoms with Crippen LogP contribution in [0.3, 0.4) is 0 Å². The van der Waals surface area contributed by atoms with Crippen LogP contribution < -0.4 is 10.1 Å². The molecule has 2 heterocycles. The molecule has 0 bridgehead atoms. The Balaban J connectivity index is 1.65. The number of ether oxygens (including phenoxy) is 1. The summed E-state index contributed by atoms with van der Waals surface area (Å²) in [5.41, 5.74) is 0.961. The van der Waals surface area contributed by atoms with Crippen molar-refractivity contribution in [3.8, 4) is 5.75 Å². The van der Waals surface area contributed by atoms with Gasteiger partial charge in [-0.25, -0.2) is 4.79 Å². The molecule has 0 radical (unpaired) electrons. The number of hydrogen-bond acceptors (Lipinski definition) is 4. The van der Waals surface area contributed by atoms with Crippen LogP contribution in [-0.2, 0) is 11.0 Å². The Labute approximate surface area is 227 Å². The summed E-state index contributed by atoms with van der Waals surface area (Å²) in [7, 11) is 1.54. The molecular weight excluding hydrogens is 533 g/mol. The average Bonchev–Trinajstić information content (AvgIpc) is 3.33. The van der Waals surface area contributed by atoms with Crippen LogP contribution in [0.4, 0.5) is 18.0 Å².